The van der Waals surface area contributed by atoms with Crippen molar-refractivity contribution < 1.29 is 22.3 Å². The predicted octanol–water partition coefficient (Wildman–Crippen LogP) is 9.31. The molecule has 0 atom stereocenters. The Morgan fingerprint density at radius 3 is 1.97 bits per heavy atom. The first-order chi connectivity index (χ1) is 16.9. The Balaban J connectivity index is 1.23. The Hall–Kier alpha value is -1.88. The molecule has 1 nitrogen and oxygen atoms in total. The van der Waals surface area contributed by atoms with E-state index in [1.54, 1.807) is 6.07 Å². The fourth-order valence-electron chi connectivity index (χ4n) is 5.90. The Bertz CT molecular complexity index is 926. The third kappa shape index (κ3) is 6.87. The summed E-state index contributed by atoms with van der Waals surface area (Å²) < 4.78 is 62.2. The molecule has 0 amide bonds. The van der Waals surface area contributed by atoms with E-state index >= 15 is 8.78 Å². The van der Waals surface area contributed by atoms with Gasteiger partial charge in [0.2, 0.25) is 0 Å². The van der Waals surface area contributed by atoms with Gasteiger partial charge in [-0.1, -0.05) is 50.1 Å². The summed E-state index contributed by atoms with van der Waals surface area (Å²) in [4.78, 5) is 0. The largest absolute Gasteiger partial charge is 0.358 e. The standard InChI is InChI=1S/C30H38F4O/c1-2-3-4-5-21-6-8-22(9-7-21)23-10-15-26(16-11-23)30(33,34)35-27-17-12-24(13-18-27)25-14-19-28(31)29(32)20-25/h6-9,14,19-20,23-24,26-27H,2-5,10-13,15-18H2,1H3. The van der Waals surface area contributed by atoms with E-state index in [1.807, 2.05) is 0 Å². The third-order valence-corrected chi connectivity index (χ3v) is 8.14. The summed E-state index contributed by atoms with van der Waals surface area (Å²) in [5.74, 6) is -2.05. The molecule has 0 heterocycles. The van der Waals surface area contributed by atoms with Gasteiger partial charge in [0.15, 0.2) is 11.6 Å². The summed E-state index contributed by atoms with van der Waals surface area (Å²) in [5, 5.41) is 0. The van der Waals surface area contributed by atoms with Crippen molar-refractivity contribution in [2.45, 2.75) is 108 Å². The summed E-state index contributed by atoms with van der Waals surface area (Å²) in [5.41, 5.74) is 3.36. The van der Waals surface area contributed by atoms with Crippen molar-refractivity contribution in [1.82, 2.24) is 0 Å². The molecule has 0 aliphatic heterocycles. The molecule has 2 aromatic carbocycles. The highest BCUT2D eigenvalue weighted by molar-refractivity contribution is 5.26. The van der Waals surface area contributed by atoms with Gasteiger partial charge in [0.25, 0.3) is 0 Å². The van der Waals surface area contributed by atoms with Gasteiger partial charge in [-0.3, -0.25) is 0 Å². The molecule has 0 spiro atoms. The van der Waals surface area contributed by atoms with Gasteiger partial charge in [-0.05, 0) is 105 Å². The molecule has 2 aliphatic rings. The number of rotatable bonds is 9. The number of halogens is 4. The van der Waals surface area contributed by atoms with Crippen LogP contribution < -0.4 is 0 Å². The second-order valence-electron chi connectivity index (χ2n) is 10.6. The molecule has 35 heavy (non-hydrogen) atoms. The van der Waals surface area contributed by atoms with E-state index in [0.29, 0.717) is 44.4 Å². The molecule has 2 fully saturated rings. The van der Waals surface area contributed by atoms with Crippen molar-refractivity contribution in [2.75, 3.05) is 0 Å². The molecule has 0 unspecified atom stereocenters. The van der Waals surface area contributed by atoms with Crippen LogP contribution in [0.5, 0.6) is 0 Å². The number of hydrogen-bond acceptors (Lipinski definition) is 1. The first-order valence-electron chi connectivity index (χ1n) is 13.4. The van der Waals surface area contributed by atoms with Crippen LogP contribution in [0.25, 0.3) is 0 Å². The average molecular weight is 491 g/mol. The molecule has 5 heteroatoms. The van der Waals surface area contributed by atoms with Crippen LogP contribution in [0.1, 0.15) is 106 Å². The van der Waals surface area contributed by atoms with Crippen molar-refractivity contribution in [1.29, 1.82) is 0 Å². The summed E-state index contributed by atoms with van der Waals surface area (Å²) in [6.45, 7) is 2.21. The van der Waals surface area contributed by atoms with Crippen LogP contribution in [0.15, 0.2) is 42.5 Å². The number of benzene rings is 2. The molecule has 2 aliphatic carbocycles. The number of unbranched alkanes of at least 4 members (excludes halogenated alkanes) is 2. The van der Waals surface area contributed by atoms with Gasteiger partial charge >= 0.3 is 6.11 Å². The van der Waals surface area contributed by atoms with Crippen LogP contribution in [-0.2, 0) is 11.2 Å². The van der Waals surface area contributed by atoms with E-state index in [1.165, 1.54) is 36.5 Å². The predicted molar refractivity (Wildman–Crippen MR) is 132 cm³/mol. The summed E-state index contributed by atoms with van der Waals surface area (Å²) in [6, 6.07) is 12.7. The Morgan fingerprint density at radius 2 is 1.34 bits per heavy atom. The van der Waals surface area contributed by atoms with Gasteiger partial charge in [-0.25, -0.2) is 8.78 Å². The Kier molecular flexibility index (Phi) is 8.91. The van der Waals surface area contributed by atoms with E-state index in [2.05, 4.69) is 31.2 Å². The monoisotopic (exact) mass is 490 g/mol. The van der Waals surface area contributed by atoms with Gasteiger partial charge in [0, 0.05) is 0 Å². The molecule has 0 bridgehead atoms. The van der Waals surface area contributed by atoms with Gasteiger partial charge in [0.1, 0.15) is 0 Å². The van der Waals surface area contributed by atoms with Gasteiger partial charge in [0.05, 0.1) is 12.0 Å². The normalized spacial score (nSPS) is 25.5. The fourth-order valence-corrected chi connectivity index (χ4v) is 5.90. The maximum absolute atomic E-state index is 15.0. The molecular weight excluding hydrogens is 452 g/mol. The minimum atomic E-state index is -3.12. The summed E-state index contributed by atoms with van der Waals surface area (Å²) in [7, 11) is 0. The SMILES string of the molecule is CCCCCc1ccc(C2CCC(C(F)(F)OC3CCC(c4ccc(F)c(F)c4)CC3)CC2)cc1. The topological polar surface area (TPSA) is 9.23 Å². The summed E-state index contributed by atoms with van der Waals surface area (Å²) >= 11 is 0. The maximum atomic E-state index is 15.0. The number of alkyl halides is 2. The second kappa shape index (κ2) is 11.9. The lowest BCUT2D eigenvalue weighted by Crippen LogP contribution is -2.38. The first kappa shape index (κ1) is 26.2. The number of hydrogen-bond donors (Lipinski definition) is 0. The minimum Gasteiger partial charge on any atom is -0.317 e. The lowest BCUT2D eigenvalue weighted by atomic mass is 9.78. The van der Waals surface area contributed by atoms with Gasteiger partial charge < -0.3 is 4.74 Å². The Labute approximate surface area is 207 Å². The molecule has 2 aromatic rings. The zero-order valence-corrected chi connectivity index (χ0v) is 20.8. The fraction of sp³-hybridized carbons (Fsp3) is 0.600. The molecule has 0 radical (unpaired) electrons. The third-order valence-electron chi connectivity index (χ3n) is 8.14. The maximum Gasteiger partial charge on any atom is 0.358 e. The van der Waals surface area contributed by atoms with Gasteiger partial charge in [-0.15, -0.1) is 0 Å². The highest BCUT2D eigenvalue weighted by Crippen LogP contribution is 2.45. The zero-order valence-electron chi connectivity index (χ0n) is 20.8. The smallest absolute Gasteiger partial charge is 0.317 e. The quantitative estimate of drug-likeness (QED) is 0.251. The number of aryl methyl sites for hydroxylation is 1. The average Bonchev–Trinajstić information content (AvgIpc) is 2.87. The van der Waals surface area contributed by atoms with Gasteiger partial charge in [-0.2, -0.15) is 8.78 Å². The molecule has 0 saturated heterocycles. The molecule has 2 saturated carbocycles. The lowest BCUT2D eigenvalue weighted by Gasteiger charge is -2.37. The molecule has 0 N–H and O–H groups in total. The van der Waals surface area contributed by atoms with E-state index in [4.69, 9.17) is 4.74 Å². The Morgan fingerprint density at radius 1 is 0.743 bits per heavy atom. The summed E-state index contributed by atoms with van der Waals surface area (Å²) in [6.07, 6.45) is 5.97. The van der Waals surface area contributed by atoms with E-state index in [0.717, 1.165) is 30.9 Å². The zero-order chi connectivity index (χ0) is 24.8. The first-order valence-corrected chi connectivity index (χ1v) is 13.4. The second-order valence-corrected chi connectivity index (χ2v) is 10.6. The highest BCUT2D eigenvalue weighted by atomic mass is 19.3. The van der Waals surface area contributed by atoms with Crippen molar-refractivity contribution >= 4 is 0 Å². The molecule has 192 valence electrons. The lowest BCUT2D eigenvalue weighted by molar-refractivity contribution is -0.300. The van der Waals surface area contributed by atoms with Crippen LogP contribution in [0.2, 0.25) is 0 Å². The highest BCUT2D eigenvalue weighted by Gasteiger charge is 2.45. The minimum absolute atomic E-state index is 0.0621. The van der Waals surface area contributed by atoms with Crippen molar-refractivity contribution in [3.8, 4) is 0 Å². The number of ether oxygens (including phenoxy) is 1. The van der Waals surface area contributed by atoms with Crippen LogP contribution in [0, 0.1) is 17.6 Å². The van der Waals surface area contributed by atoms with E-state index in [-0.39, 0.29) is 5.92 Å². The van der Waals surface area contributed by atoms with Crippen molar-refractivity contribution in [3.05, 3.63) is 70.8 Å². The van der Waals surface area contributed by atoms with E-state index < -0.39 is 29.8 Å². The molecule has 4 rings (SSSR count). The van der Waals surface area contributed by atoms with Crippen molar-refractivity contribution in [2.24, 2.45) is 5.92 Å². The van der Waals surface area contributed by atoms with Crippen molar-refractivity contribution in [3.63, 3.8) is 0 Å². The van der Waals surface area contributed by atoms with Crippen LogP contribution in [0.3, 0.4) is 0 Å². The van der Waals surface area contributed by atoms with Crippen LogP contribution in [0.4, 0.5) is 17.6 Å². The van der Waals surface area contributed by atoms with Crippen LogP contribution >= 0.6 is 0 Å². The molecular formula is C30H38F4O. The molecule has 0 aromatic heterocycles. The van der Waals surface area contributed by atoms with E-state index in [9.17, 15) is 8.78 Å². The van der Waals surface area contributed by atoms with Crippen LogP contribution in [-0.4, -0.2) is 12.2 Å².